The van der Waals surface area contributed by atoms with Gasteiger partial charge in [-0.15, -0.1) is 0 Å². The van der Waals surface area contributed by atoms with Crippen molar-refractivity contribution >= 4 is 38.1 Å². The van der Waals surface area contributed by atoms with Crippen LogP contribution >= 0.6 is 11.3 Å². The Morgan fingerprint density at radius 1 is 1.05 bits per heavy atom. The average molecular weight is 590 g/mol. The minimum absolute atomic E-state index is 0.0456. The van der Waals surface area contributed by atoms with E-state index in [4.69, 9.17) is 5.73 Å². The highest BCUT2D eigenvalue weighted by Gasteiger charge is 2.33. The highest BCUT2D eigenvalue weighted by molar-refractivity contribution is 7.89. The van der Waals surface area contributed by atoms with Crippen molar-refractivity contribution in [2.24, 2.45) is 5.92 Å². The molecule has 0 spiro atoms. The number of hydrogen-bond acceptors (Lipinski definition) is 8. The molecule has 1 saturated carbocycles. The van der Waals surface area contributed by atoms with E-state index in [0.29, 0.717) is 43.5 Å². The van der Waals surface area contributed by atoms with Crippen LogP contribution in [0.2, 0.25) is 0 Å². The van der Waals surface area contributed by atoms with E-state index in [9.17, 15) is 22.0 Å². The predicted octanol–water partition coefficient (Wildman–Crippen LogP) is 4.05. The van der Waals surface area contributed by atoms with Crippen molar-refractivity contribution < 1.29 is 22.0 Å². The molecule has 1 atom stereocenters. The van der Waals surface area contributed by atoms with E-state index in [1.165, 1.54) is 28.8 Å². The summed E-state index contributed by atoms with van der Waals surface area (Å²) in [5.41, 5.74) is 6.48. The first-order chi connectivity index (χ1) is 19.2. The summed E-state index contributed by atoms with van der Waals surface area (Å²) < 4.78 is 55.8. The molecule has 0 radical (unpaired) electrons. The summed E-state index contributed by atoms with van der Waals surface area (Å²) >= 11 is 0.931. The molecule has 214 valence electrons. The van der Waals surface area contributed by atoms with Crippen LogP contribution < -0.4 is 16.4 Å². The van der Waals surface area contributed by atoms with E-state index in [2.05, 4.69) is 27.8 Å². The number of rotatable bonds is 12. The van der Waals surface area contributed by atoms with Gasteiger partial charge in [0.25, 0.3) is 0 Å². The van der Waals surface area contributed by atoms with Gasteiger partial charge in [-0.2, -0.15) is 0 Å². The van der Waals surface area contributed by atoms with Crippen LogP contribution in [0.1, 0.15) is 46.5 Å². The van der Waals surface area contributed by atoms with Crippen molar-refractivity contribution in [2.45, 2.75) is 44.2 Å². The molecule has 1 saturated heterocycles. The van der Waals surface area contributed by atoms with Crippen molar-refractivity contribution in [3.63, 3.8) is 0 Å². The quantitative estimate of drug-likeness (QED) is 0.273. The highest BCUT2D eigenvalue weighted by Crippen LogP contribution is 2.34. The molecule has 2 heterocycles. The number of ketones is 1. The fraction of sp³-hybridized carbons (Fsp3) is 0.429. The van der Waals surface area contributed by atoms with Gasteiger partial charge in [-0.05, 0) is 55.7 Å². The second-order valence-corrected chi connectivity index (χ2v) is 13.5. The number of nitrogen functional groups attached to an aromatic ring is 1. The van der Waals surface area contributed by atoms with Crippen LogP contribution in [0, 0.1) is 17.6 Å². The highest BCUT2D eigenvalue weighted by atomic mass is 32.2. The molecule has 1 aromatic heterocycles. The molecule has 3 aromatic rings. The molecule has 1 aliphatic carbocycles. The number of sulfonamides is 1. The number of nitrogens with two attached hydrogens (primary N) is 1. The molecule has 1 aliphatic heterocycles. The standard InChI is InChI=1S/C28H33F2N5O3S2/c29-21-7-4-8-22(30)24(21)25(36)26-27(31)34-28(39-26)33-20-11-14-35(15-12-20)40(37,38)16-13-32-23(19-9-10-19)17-18-5-2-1-3-6-18/h1-8,19-20,23,32H,9-17,31H2,(H,33,34). The van der Waals surface area contributed by atoms with Gasteiger partial charge in [-0.25, -0.2) is 26.5 Å². The molecule has 2 aliphatic rings. The third kappa shape index (κ3) is 6.85. The fourth-order valence-electron chi connectivity index (χ4n) is 5.11. The summed E-state index contributed by atoms with van der Waals surface area (Å²) in [5, 5.41) is 7.05. The Balaban J connectivity index is 1.11. The lowest BCUT2D eigenvalue weighted by Gasteiger charge is -2.31. The molecule has 12 heteroatoms. The molecule has 0 bridgehead atoms. The molecule has 0 amide bonds. The minimum atomic E-state index is -3.41. The molecular weight excluding hydrogens is 556 g/mol. The van der Waals surface area contributed by atoms with Crippen molar-refractivity contribution in [3.8, 4) is 0 Å². The summed E-state index contributed by atoms with van der Waals surface area (Å²) in [5.74, 6) is -2.24. The number of benzene rings is 2. The van der Waals surface area contributed by atoms with E-state index in [0.717, 1.165) is 29.9 Å². The first-order valence-electron chi connectivity index (χ1n) is 13.5. The molecule has 1 unspecified atom stereocenters. The smallest absolute Gasteiger partial charge is 0.215 e. The Kier molecular flexibility index (Phi) is 8.79. The second-order valence-electron chi connectivity index (χ2n) is 10.4. The number of piperidine rings is 1. The topological polar surface area (TPSA) is 117 Å². The number of nitrogens with one attached hydrogen (secondary N) is 2. The zero-order valence-electron chi connectivity index (χ0n) is 22.0. The molecule has 2 aromatic carbocycles. The number of hydrogen-bond donors (Lipinski definition) is 3. The maximum Gasteiger partial charge on any atom is 0.215 e. The van der Waals surface area contributed by atoms with Crippen LogP contribution in [0.5, 0.6) is 0 Å². The van der Waals surface area contributed by atoms with Gasteiger partial charge in [-0.3, -0.25) is 4.79 Å². The Morgan fingerprint density at radius 3 is 2.38 bits per heavy atom. The monoisotopic (exact) mass is 589 g/mol. The Morgan fingerprint density at radius 2 is 1.73 bits per heavy atom. The van der Waals surface area contributed by atoms with Gasteiger partial charge in [0.15, 0.2) is 5.13 Å². The maximum atomic E-state index is 14.1. The first-order valence-corrected chi connectivity index (χ1v) is 15.9. The van der Waals surface area contributed by atoms with E-state index in [1.54, 1.807) is 0 Å². The summed E-state index contributed by atoms with van der Waals surface area (Å²) in [7, 11) is -3.41. The summed E-state index contributed by atoms with van der Waals surface area (Å²) in [4.78, 5) is 16.9. The van der Waals surface area contributed by atoms with Crippen LogP contribution in [0.25, 0.3) is 0 Å². The van der Waals surface area contributed by atoms with Gasteiger partial charge in [-0.1, -0.05) is 47.7 Å². The summed E-state index contributed by atoms with van der Waals surface area (Å²) in [6.45, 7) is 1.14. The molecule has 8 nitrogen and oxygen atoms in total. The van der Waals surface area contributed by atoms with Crippen LogP contribution in [-0.4, -0.2) is 61.0 Å². The fourth-order valence-corrected chi connectivity index (χ4v) is 7.42. The lowest BCUT2D eigenvalue weighted by molar-refractivity contribution is 0.103. The van der Waals surface area contributed by atoms with Gasteiger partial charge >= 0.3 is 0 Å². The van der Waals surface area contributed by atoms with Crippen molar-refractivity contribution in [2.75, 3.05) is 36.4 Å². The van der Waals surface area contributed by atoms with Crippen LogP contribution in [0.4, 0.5) is 19.7 Å². The number of thiazole rings is 1. The predicted molar refractivity (Wildman–Crippen MR) is 153 cm³/mol. The average Bonchev–Trinajstić information content (AvgIpc) is 3.71. The van der Waals surface area contributed by atoms with Crippen molar-refractivity contribution in [1.29, 1.82) is 0 Å². The summed E-state index contributed by atoms with van der Waals surface area (Å²) in [6, 6.07) is 13.7. The Bertz CT molecular complexity index is 1420. The molecule has 40 heavy (non-hydrogen) atoms. The number of aromatic nitrogens is 1. The zero-order chi connectivity index (χ0) is 28.3. The second kappa shape index (κ2) is 12.3. The number of carbonyl (C=O) groups excluding carboxylic acids is 1. The van der Waals surface area contributed by atoms with Crippen molar-refractivity contribution in [3.05, 3.63) is 76.2 Å². The number of anilines is 2. The maximum absolute atomic E-state index is 14.1. The normalized spacial score (nSPS) is 17.6. The van der Waals surface area contributed by atoms with Gasteiger partial charge < -0.3 is 16.4 Å². The Labute approximate surface area is 237 Å². The number of halogens is 2. The van der Waals surface area contributed by atoms with E-state index in [-0.39, 0.29) is 28.5 Å². The lowest BCUT2D eigenvalue weighted by atomic mass is 10.0. The lowest BCUT2D eigenvalue weighted by Crippen LogP contribution is -2.45. The molecule has 5 rings (SSSR count). The van der Waals surface area contributed by atoms with E-state index < -0.39 is 33.0 Å². The van der Waals surface area contributed by atoms with Gasteiger partial charge in [0, 0.05) is 31.7 Å². The first kappa shape index (κ1) is 28.6. The third-order valence-electron chi connectivity index (χ3n) is 7.48. The van der Waals surface area contributed by atoms with Crippen LogP contribution in [0.15, 0.2) is 48.5 Å². The van der Waals surface area contributed by atoms with E-state index in [1.807, 2.05) is 18.2 Å². The van der Waals surface area contributed by atoms with E-state index >= 15 is 0 Å². The molecule has 4 N–H and O–H groups in total. The third-order valence-corrected chi connectivity index (χ3v) is 10.4. The molecule has 2 fully saturated rings. The van der Waals surface area contributed by atoms with Crippen LogP contribution in [-0.2, 0) is 16.4 Å². The number of nitrogens with zero attached hydrogens (tertiary/aromatic N) is 2. The van der Waals surface area contributed by atoms with Gasteiger partial charge in [0.2, 0.25) is 15.8 Å². The van der Waals surface area contributed by atoms with Gasteiger partial charge in [0.05, 0.1) is 11.3 Å². The largest absolute Gasteiger partial charge is 0.382 e. The SMILES string of the molecule is Nc1nc(NC2CCN(S(=O)(=O)CCNC(Cc3ccccc3)C3CC3)CC2)sc1C(=O)c1c(F)cccc1F. The summed E-state index contributed by atoms with van der Waals surface area (Å²) in [6.07, 6.45) is 4.36. The zero-order valence-corrected chi connectivity index (χ0v) is 23.6. The van der Waals surface area contributed by atoms with Gasteiger partial charge in [0.1, 0.15) is 22.3 Å². The van der Waals surface area contributed by atoms with Crippen LogP contribution in [0.3, 0.4) is 0 Å². The number of carbonyl (C=O) groups is 1. The van der Waals surface area contributed by atoms with Crippen molar-refractivity contribution in [1.82, 2.24) is 14.6 Å². The Hall–Kier alpha value is -2.93. The minimum Gasteiger partial charge on any atom is -0.382 e. The molecular formula is C28H33F2N5O3S2.